The molecule has 1 N–H and O–H groups in total. The molecule has 7 heteroatoms. The Morgan fingerprint density at radius 2 is 1.81 bits per heavy atom. The van der Waals surface area contributed by atoms with Gasteiger partial charge in [-0.15, -0.1) is 0 Å². The largest absolute Gasteiger partial charge is 0.370 e. The van der Waals surface area contributed by atoms with E-state index < -0.39 is 10.0 Å². The van der Waals surface area contributed by atoms with Crippen LogP contribution in [0.15, 0.2) is 23.1 Å². The highest BCUT2D eigenvalue weighted by Crippen LogP contribution is 2.32. The molecule has 0 radical (unpaired) electrons. The van der Waals surface area contributed by atoms with Gasteiger partial charge in [-0.25, -0.2) is 8.42 Å². The minimum absolute atomic E-state index is 0.0853. The van der Waals surface area contributed by atoms with Crippen LogP contribution in [0.2, 0.25) is 0 Å². The van der Waals surface area contributed by atoms with E-state index in [2.05, 4.69) is 10.2 Å². The van der Waals surface area contributed by atoms with E-state index in [0.717, 1.165) is 31.6 Å². The molecule has 26 heavy (non-hydrogen) atoms. The van der Waals surface area contributed by atoms with Gasteiger partial charge in [0, 0.05) is 32.6 Å². The van der Waals surface area contributed by atoms with Gasteiger partial charge >= 0.3 is 0 Å². The predicted molar refractivity (Wildman–Crippen MR) is 106 cm³/mol. The van der Waals surface area contributed by atoms with E-state index in [9.17, 15) is 13.2 Å². The summed E-state index contributed by atoms with van der Waals surface area (Å²) >= 11 is 0. The first-order valence-electron chi connectivity index (χ1n) is 9.48. The molecule has 1 heterocycles. The number of carbonyl (C=O) groups excluding carboxylic acids is 1. The first-order valence-corrected chi connectivity index (χ1v) is 10.9. The van der Waals surface area contributed by atoms with Crippen LogP contribution in [-0.4, -0.2) is 44.8 Å². The Morgan fingerprint density at radius 1 is 1.19 bits per heavy atom. The zero-order valence-electron chi connectivity index (χ0n) is 16.3. The van der Waals surface area contributed by atoms with Gasteiger partial charge in [0.05, 0.1) is 16.3 Å². The molecule has 0 saturated carbocycles. The molecule has 0 aromatic heterocycles. The Hall–Kier alpha value is -1.60. The minimum Gasteiger partial charge on any atom is -0.370 e. The molecule has 1 aromatic carbocycles. The van der Waals surface area contributed by atoms with Gasteiger partial charge in [0.15, 0.2) is 0 Å². The number of benzene rings is 1. The number of hydrogen-bond donors (Lipinski definition) is 1. The highest BCUT2D eigenvalue weighted by Gasteiger charge is 2.25. The van der Waals surface area contributed by atoms with Crippen molar-refractivity contribution in [2.24, 2.45) is 5.92 Å². The fourth-order valence-corrected chi connectivity index (χ4v) is 4.78. The average Bonchev–Trinajstić information content (AvgIpc) is 3.09. The molecule has 0 aliphatic carbocycles. The van der Waals surface area contributed by atoms with Gasteiger partial charge < -0.3 is 10.2 Å². The van der Waals surface area contributed by atoms with Crippen molar-refractivity contribution in [1.29, 1.82) is 0 Å². The molecule has 6 nitrogen and oxygen atoms in total. The van der Waals surface area contributed by atoms with Crippen molar-refractivity contribution in [3.63, 3.8) is 0 Å². The average molecular weight is 382 g/mol. The molecule has 146 valence electrons. The number of nitrogens with one attached hydrogen (secondary N) is 1. The van der Waals surface area contributed by atoms with Gasteiger partial charge in [0.2, 0.25) is 15.9 Å². The molecule has 1 aliphatic rings. The van der Waals surface area contributed by atoms with Crippen LogP contribution in [0.4, 0.5) is 11.4 Å². The number of anilines is 2. The Morgan fingerprint density at radius 3 is 2.35 bits per heavy atom. The van der Waals surface area contributed by atoms with Crippen LogP contribution in [0.1, 0.15) is 47.0 Å². The Labute approximate surface area is 157 Å². The molecular formula is C19H31N3O3S. The standard InChI is InChI=1S/C19H31N3O3S/c1-5-22(6-2)26(24,25)16-9-10-18(21-11-7-8-12-21)17(14-16)20-19(23)13-15(3)4/h9-10,14-15H,5-8,11-13H2,1-4H3,(H,20,23). The molecule has 2 rings (SSSR count). The van der Waals surface area contributed by atoms with Crippen LogP contribution in [0.3, 0.4) is 0 Å². The van der Waals surface area contributed by atoms with Crippen molar-refractivity contribution in [3.05, 3.63) is 18.2 Å². The number of hydrogen-bond acceptors (Lipinski definition) is 4. The molecule has 0 bridgehead atoms. The Kier molecular flexibility index (Phi) is 7.06. The lowest BCUT2D eigenvalue weighted by Gasteiger charge is -2.24. The molecule has 0 unspecified atom stereocenters. The van der Waals surface area contributed by atoms with Gasteiger partial charge in [-0.05, 0) is 37.0 Å². The number of sulfonamides is 1. The van der Waals surface area contributed by atoms with E-state index in [1.54, 1.807) is 12.1 Å². The smallest absolute Gasteiger partial charge is 0.243 e. The van der Waals surface area contributed by atoms with Crippen LogP contribution in [0, 0.1) is 5.92 Å². The SMILES string of the molecule is CCN(CC)S(=O)(=O)c1ccc(N2CCCC2)c(NC(=O)CC(C)C)c1. The second kappa shape index (κ2) is 8.86. The van der Waals surface area contributed by atoms with Gasteiger partial charge in [-0.2, -0.15) is 4.31 Å². The normalized spacial score (nSPS) is 15.1. The van der Waals surface area contributed by atoms with E-state index in [-0.39, 0.29) is 16.7 Å². The Balaban J connectivity index is 2.41. The molecule has 0 spiro atoms. The van der Waals surface area contributed by atoms with Gasteiger partial charge in [-0.3, -0.25) is 4.79 Å². The summed E-state index contributed by atoms with van der Waals surface area (Å²) in [6.07, 6.45) is 2.63. The zero-order chi connectivity index (χ0) is 19.3. The third-order valence-corrected chi connectivity index (χ3v) is 6.67. The van der Waals surface area contributed by atoms with Crippen LogP contribution < -0.4 is 10.2 Å². The summed E-state index contributed by atoms with van der Waals surface area (Å²) < 4.78 is 27.1. The van der Waals surface area contributed by atoms with Crippen molar-refractivity contribution >= 4 is 27.3 Å². The highest BCUT2D eigenvalue weighted by molar-refractivity contribution is 7.89. The molecule has 1 fully saturated rings. The summed E-state index contributed by atoms with van der Waals surface area (Å²) in [5.74, 6) is 0.158. The van der Waals surface area contributed by atoms with E-state index in [1.165, 1.54) is 4.31 Å². The maximum Gasteiger partial charge on any atom is 0.243 e. The van der Waals surface area contributed by atoms with Crippen molar-refractivity contribution in [1.82, 2.24) is 4.31 Å². The molecule has 0 atom stereocenters. The topological polar surface area (TPSA) is 69.7 Å². The van der Waals surface area contributed by atoms with Crippen LogP contribution in [-0.2, 0) is 14.8 Å². The van der Waals surface area contributed by atoms with Crippen molar-refractivity contribution in [2.45, 2.75) is 51.9 Å². The molecular weight excluding hydrogens is 350 g/mol. The molecule has 1 amide bonds. The summed E-state index contributed by atoms with van der Waals surface area (Å²) in [7, 11) is -3.56. The van der Waals surface area contributed by atoms with Gasteiger partial charge in [0.1, 0.15) is 0 Å². The van der Waals surface area contributed by atoms with Crippen LogP contribution >= 0.6 is 0 Å². The Bertz CT molecular complexity index is 722. The maximum atomic E-state index is 12.8. The quantitative estimate of drug-likeness (QED) is 0.750. The van der Waals surface area contributed by atoms with E-state index in [4.69, 9.17) is 0 Å². The summed E-state index contributed by atoms with van der Waals surface area (Å²) in [5, 5.41) is 2.94. The van der Waals surface area contributed by atoms with Gasteiger partial charge in [0.25, 0.3) is 0 Å². The summed E-state index contributed by atoms with van der Waals surface area (Å²) in [6, 6.07) is 5.09. The first kappa shape index (κ1) is 20.7. The summed E-state index contributed by atoms with van der Waals surface area (Å²) in [6.45, 7) is 10.3. The highest BCUT2D eigenvalue weighted by atomic mass is 32.2. The van der Waals surface area contributed by atoms with Crippen LogP contribution in [0.25, 0.3) is 0 Å². The van der Waals surface area contributed by atoms with Crippen molar-refractivity contribution in [3.8, 4) is 0 Å². The fraction of sp³-hybridized carbons (Fsp3) is 0.632. The predicted octanol–water partition coefficient (Wildman–Crippen LogP) is 3.30. The third kappa shape index (κ3) is 4.76. The first-order chi connectivity index (χ1) is 12.3. The van der Waals surface area contributed by atoms with E-state index >= 15 is 0 Å². The van der Waals surface area contributed by atoms with E-state index in [1.807, 2.05) is 33.8 Å². The van der Waals surface area contributed by atoms with E-state index in [0.29, 0.717) is 25.2 Å². The molecule has 1 aliphatic heterocycles. The summed E-state index contributed by atoms with van der Waals surface area (Å²) in [4.78, 5) is 14.7. The third-order valence-electron chi connectivity index (χ3n) is 4.63. The maximum absolute atomic E-state index is 12.8. The van der Waals surface area contributed by atoms with Crippen molar-refractivity contribution in [2.75, 3.05) is 36.4 Å². The lowest BCUT2D eigenvalue weighted by atomic mass is 10.1. The van der Waals surface area contributed by atoms with Gasteiger partial charge in [-0.1, -0.05) is 27.7 Å². The number of carbonyl (C=O) groups is 1. The zero-order valence-corrected chi connectivity index (χ0v) is 17.1. The van der Waals surface area contributed by atoms with Crippen LogP contribution in [0.5, 0.6) is 0 Å². The fourth-order valence-electron chi connectivity index (χ4n) is 3.29. The summed E-state index contributed by atoms with van der Waals surface area (Å²) in [5.41, 5.74) is 1.49. The number of rotatable bonds is 8. The second-order valence-corrected chi connectivity index (χ2v) is 9.05. The minimum atomic E-state index is -3.56. The van der Waals surface area contributed by atoms with Crippen molar-refractivity contribution < 1.29 is 13.2 Å². The lowest BCUT2D eigenvalue weighted by Crippen LogP contribution is -2.31. The molecule has 1 aromatic rings. The number of amides is 1. The second-order valence-electron chi connectivity index (χ2n) is 7.11. The lowest BCUT2D eigenvalue weighted by molar-refractivity contribution is -0.116. The monoisotopic (exact) mass is 381 g/mol. The number of nitrogens with zero attached hydrogens (tertiary/aromatic N) is 2. The molecule has 1 saturated heterocycles.